The van der Waals surface area contributed by atoms with Gasteiger partial charge in [-0.2, -0.15) is 0 Å². The summed E-state index contributed by atoms with van der Waals surface area (Å²) in [6.07, 6.45) is 2.33. The summed E-state index contributed by atoms with van der Waals surface area (Å²) >= 11 is 0. The average molecular weight is 267 g/mol. The lowest BCUT2D eigenvalue weighted by Crippen LogP contribution is -2.25. The first-order chi connectivity index (χ1) is 9.27. The number of aromatic nitrogens is 1. The van der Waals surface area contributed by atoms with Gasteiger partial charge >= 0.3 is 0 Å². The normalized spacial score (nSPS) is 10.2. The molecule has 2 N–H and O–H groups in total. The molecule has 6 nitrogen and oxygen atoms in total. The first-order valence-electron chi connectivity index (χ1n) is 6.26. The molecule has 0 radical (unpaired) electrons. The minimum absolute atomic E-state index is 0.118. The van der Waals surface area contributed by atoms with Gasteiger partial charge in [-0.05, 0) is 18.6 Å². The molecule has 0 saturated heterocycles. The minimum atomic E-state index is -0.118. The monoisotopic (exact) mass is 267 g/mol. The number of pyridine rings is 1. The van der Waals surface area contributed by atoms with E-state index in [9.17, 15) is 4.79 Å². The number of carbonyl (C=O) groups excluding carboxylic acids is 1. The van der Waals surface area contributed by atoms with Crippen molar-refractivity contribution < 1.29 is 14.3 Å². The van der Waals surface area contributed by atoms with Crippen LogP contribution in [-0.2, 0) is 9.47 Å². The zero-order valence-corrected chi connectivity index (χ0v) is 11.4. The lowest BCUT2D eigenvalue weighted by atomic mass is 10.2. The number of anilines is 1. The molecule has 0 fully saturated rings. The summed E-state index contributed by atoms with van der Waals surface area (Å²) in [5, 5.41) is 5.72. The number of nitrogens with one attached hydrogen (secondary N) is 2. The van der Waals surface area contributed by atoms with Gasteiger partial charge in [0.25, 0.3) is 5.91 Å². The van der Waals surface area contributed by atoms with Crippen LogP contribution in [0.4, 0.5) is 5.82 Å². The van der Waals surface area contributed by atoms with Gasteiger partial charge in [0.1, 0.15) is 5.82 Å². The first kappa shape index (κ1) is 15.4. The van der Waals surface area contributed by atoms with Crippen LogP contribution in [0.25, 0.3) is 0 Å². The molecule has 0 aliphatic carbocycles. The molecule has 19 heavy (non-hydrogen) atoms. The van der Waals surface area contributed by atoms with Crippen LogP contribution in [0.5, 0.6) is 0 Å². The molecule has 0 saturated carbocycles. The van der Waals surface area contributed by atoms with Crippen LogP contribution >= 0.6 is 0 Å². The van der Waals surface area contributed by atoms with E-state index in [2.05, 4.69) is 15.6 Å². The molecule has 0 aromatic carbocycles. The van der Waals surface area contributed by atoms with Crippen molar-refractivity contribution in [2.24, 2.45) is 0 Å². The number of nitrogens with zero attached hydrogens (tertiary/aromatic N) is 1. The second kappa shape index (κ2) is 9.29. The summed E-state index contributed by atoms with van der Waals surface area (Å²) < 4.78 is 10.2. The number of amides is 1. The summed E-state index contributed by atoms with van der Waals surface area (Å²) in [7, 11) is 3.42. The second-order valence-electron chi connectivity index (χ2n) is 3.90. The minimum Gasteiger partial charge on any atom is -0.382 e. The van der Waals surface area contributed by atoms with Crippen molar-refractivity contribution in [1.82, 2.24) is 10.3 Å². The predicted octanol–water partition coefficient (Wildman–Crippen LogP) is 0.906. The van der Waals surface area contributed by atoms with E-state index in [0.717, 1.165) is 12.2 Å². The van der Waals surface area contributed by atoms with Gasteiger partial charge < -0.3 is 20.1 Å². The molecule has 1 aromatic heterocycles. The Labute approximate surface area is 113 Å². The van der Waals surface area contributed by atoms with E-state index in [4.69, 9.17) is 9.47 Å². The van der Waals surface area contributed by atoms with Crippen LogP contribution < -0.4 is 10.6 Å². The van der Waals surface area contributed by atoms with Crippen LogP contribution in [0.1, 0.15) is 16.8 Å². The lowest BCUT2D eigenvalue weighted by Gasteiger charge is -2.06. The van der Waals surface area contributed by atoms with Crippen molar-refractivity contribution in [3.05, 3.63) is 23.9 Å². The van der Waals surface area contributed by atoms with Gasteiger partial charge in [-0.3, -0.25) is 4.79 Å². The molecule has 106 valence electrons. The summed E-state index contributed by atoms with van der Waals surface area (Å²) in [6.45, 7) is 2.37. The molecule has 0 spiro atoms. The van der Waals surface area contributed by atoms with E-state index in [-0.39, 0.29) is 5.91 Å². The lowest BCUT2D eigenvalue weighted by molar-refractivity contribution is 0.0688. The number of hydrogen-bond donors (Lipinski definition) is 2. The number of carbonyl (C=O) groups is 1. The molecular formula is C13H21N3O3. The van der Waals surface area contributed by atoms with E-state index in [1.807, 2.05) is 0 Å². The van der Waals surface area contributed by atoms with Gasteiger partial charge in [0.2, 0.25) is 0 Å². The smallest absolute Gasteiger partial charge is 0.252 e. The highest BCUT2D eigenvalue weighted by atomic mass is 16.5. The first-order valence-corrected chi connectivity index (χ1v) is 6.26. The molecule has 0 atom stereocenters. The standard InChI is InChI=1S/C13H21N3O3/c1-14-12-5-4-11(10-16-12)13(17)15-6-3-7-19-9-8-18-2/h4-5,10H,3,6-9H2,1-2H3,(H,14,16)(H,15,17). The Hall–Kier alpha value is -1.66. The molecule has 0 aliphatic rings. The van der Waals surface area contributed by atoms with Gasteiger partial charge in [-0.1, -0.05) is 0 Å². The maximum absolute atomic E-state index is 11.7. The predicted molar refractivity (Wildman–Crippen MR) is 73.4 cm³/mol. The van der Waals surface area contributed by atoms with Crippen molar-refractivity contribution in [2.75, 3.05) is 45.8 Å². The van der Waals surface area contributed by atoms with Crippen LogP contribution in [0.2, 0.25) is 0 Å². The SMILES string of the molecule is CNc1ccc(C(=O)NCCCOCCOC)cn1. The summed E-state index contributed by atoms with van der Waals surface area (Å²) in [5.74, 6) is 0.620. The largest absolute Gasteiger partial charge is 0.382 e. The Morgan fingerprint density at radius 2 is 2.16 bits per heavy atom. The second-order valence-corrected chi connectivity index (χ2v) is 3.90. The Bertz CT molecular complexity index is 368. The molecule has 1 aromatic rings. The Kier molecular flexibility index (Phi) is 7.53. The number of ether oxygens (including phenoxy) is 2. The maximum Gasteiger partial charge on any atom is 0.252 e. The third kappa shape index (κ3) is 6.17. The zero-order valence-electron chi connectivity index (χ0n) is 11.4. The molecule has 1 heterocycles. The highest BCUT2D eigenvalue weighted by molar-refractivity contribution is 5.93. The number of hydrogen-bond acceptors (Lipinski definition) is 5. The van der Waals surface area contributed by atoms with Crippen molar-refractivity contribution in [3.8, 4) is 0 Å². The topological polar surface area (TPSA) is 72.5 Å². The van der Waals surface area contributed by atoms with Gasteiger partial charge in [-0.15, -0.1) is 0 Å². The fraction of sp³-hybridized carbons (Fsp3) is 0.538. The maximum atomic E-state index is 11.7. The highest BCUT2D eigenvalue weighted by Crippen LogP contribution is 2.03. The molecule has 0 aliphatic heterocycles. The van der Waals surface area contributed by atoms with Crippen molar-refractivity contribution >= 4 is 11.7 Å². The Morgan fingerprint density at radius 1 is 1.32 bits per heavy atom. The third-order valence-electron chi connectivity index (χ3n) is 2.46. The highest BCUT2D eigenvalue weighted by Gasteiger charge is 2.04. The van der Waals surface area contributed by atoms with Crippen LogP contribution in [0, 0.1) is 0 Å². The molecular weight excluding hydrogens is 246 g/mol. The number of methoxy groups -OCH3 is 1. The fourth-order valence-electron chi connectivity index (χ4n) is 1.40. The van der Waals surface area contributed by atoms with E-state index in [1.54, 1.807) is 32.5 Å². The van der Waals surface area contributed by atoms with Crippen LogP contribution in [0.3, 0.4) is 0 Å². The zero-order chi connectivity index (χ0) is 13.9. The van der Waals surface area contributed by atoms with Crippen molar-refractivity contribution in [2.45, 2.75) is 6.42 Å². The van der Waals surface area contributed by atoms with Crippen molar-refractivity contribution in [3.63, 3.8) is 0 Å². The van der Waals surface area contributed by atoms with Gasteiger partial charge in [-0.25, -0.2) is 4.98 Å². The summed E-state index contributed by atoms with van der Waals surface area (Å²) in [6, 6.07) is 3.51. The quantitative estimate of drug-likeness (QED) is 0.651. The van der Waals surface area contributed by atoms with Gasteiger partial charge in [0.15, 0.2) is 0 Å². The summed E-state index contributed by atoms with van der Waals surface area (Å²) in [4.78, 5) is 15.8. The average Bonchev–Trinajstić information content (AvgIpc) is 2.46. The van der Waals surface area contributed by atoms with E-state index < -0.39 is 0 Å². The van der Waals surface area contributed by atoms with Gasteiger partial charge in [0.05, 0.1) is 18.8 Å². The van der Waals surface area contributed by atoms with Crippen molar-refractivity contribution in [1.29, 1.82) is 0 Å². The van der Waals surface area contributed by atoms with E-state index in [1.165, 1.54) is 0 Å². The summed E-state index contributed by atoms with van der Waals surface area (Å²) in [5.41, 5.74) is 0.555. The third-order valence-corrected chi connectivity index (χ3v) is 2.46. The molecule has 0 unspecified atom stereocenters. The Balaban J connectivity index is 2.16. The van der Waals surface area contributed by atoms with E-state index in [0.29, 0.717) is 31.9 Å². The van der Waals surface area contributed by atoms with Crippen LogP contribution in [0.15, 0.2) is 18.3 Å². The fourth-order valence-corrected chi connectivity index (χ4v) is 1.40. The van der Waals surface area contributed by atoms with Gasteiger partial charge in [0, 0.05) is 33.5 Å². The molecule has 1 amide bonds. The van der Waals surface area contributed by atoms with Crippen LogP contribution in [-0.4, -0.2) is 51.4 Å². The number of rotatable bonds is 9. The molecule has 1 rings (SSSR count). The molecule has 6 heteroatoms. The van der Waals surface area contributed by atoms with E-state index >= 15 is 0 Å². The Morgan fingerprint density at radius 3 is 2.79 bits per heavy atom. The molecule has 0 bridgehead atoms.